The zero-order valence-corrected chi connectivity index (χ0v) is 8.75. The Kier molecular flexibility index (Phi) is 4.02. The lowest BCUT2D eigenvalue weighted by Gasteiger charge is -2.13. The number of aliphatic hydroxyl groups excluding tert-OH is 1. The number of carboxylic acid groups (broad SMARTS) is 1. The predicted molar refractivity (Wildman–Crippen MR) is 56.6 cm³/mol. The second-order valence-corrected chi connectivity index (χ2v) is 3.38. The Balaban J connectivity index is 2.65. The van der Waals surface area contributed by atoms with Gasteiger partial charge in [-0.25, -0.2) is 0 Å². The first kappa shape index (κ1) is 12.2. The van der Waals surface area contributed by atoms with E-state index >= 15 is 0 Å². The van der Waals surface area contributed by atoms with Crippen molar-refractivity contribution in [3.05, 3.63) is 35.9 Å². The minimum absolute atomic E-state index is 0.428. The molecule has 0 saturated carbocycles. The van der Waals surface area contributed by atoms with E-state index in [2.05, 4.69) is 5.32 Å². The van der Waals surface area contributed by atoms with Gasteiger partial charge in [0.05, 0.1) is 0 Å². The van der Waals surface area contributed by atoms with Crippen molar-refractivity contribution < 1.29 is 19.8 Å². The lowest BCUT2D eigenvalue weighted by Crippen LogP contribution is -2.40. The third kappa shape index (κ3) is 3.06. The zero-order valence-electron chi connectivity index (χ0n) is 8.75. The molecule has 5 heteroatoms. The maximum atomic E-state index is 11.4. The molecule has 86 valence electrons. The average molecular weight is 223 g/mol. The number of nitrogens with one attached hydrogen (secondary N) is 1. The van der Waals surface area contributed by atoms with E-state index < -0.39 is 24.0 Å². The third-order valence-electron chi connectivity index (χ3n) is 2.09. The summed E-state index contributed by atoms with van der Waals surface area (Å²) in [5.74, 6) is -1.87. The van der Waals surface area contributed by atoms with Crippen LogP contribution in [-0.4, -0.2) is 28.1 Å². The van der Waals surface area contributed by atoms with Gasteiger partial charge in [0.25, 0.3) is 5.91 Å². The Labute approximate surface area is 92.7 Å². The number of rotatable bonds is 4. The van der Waals surface area contributed by atoms with Crippen LogP contribution in [-0.2, 0) is 9.59 Å². The third-order valence-corrected chi connectivity index (χ3v) is 2.09. The van der Waals surface area contributed by atoms with E-state index in [1.165, 1.54) is 6.92 Å². The Morgan fingerprint density at radius 1 is 1.25 bits per heavy atom. The molecule has 0 fully saturated rings. The Hall–Kier alpha value is -1.88. The van der Waals surface area contributed by atoms with Gasteiger partial charge < -0.3 is 15.5 Å². The number of aliphatic carboxylic acids is 1. The molecular formula is C11H13NO4. The van der Waals surface area contributed by atoms with Crippen LogP contribution in [0.25, 0.3) is 0 Å². The molecule has 2 atom stereocenters. The highest BCUT2D eigenvalue weighted by Crippen LogP contribution is 2.11. The van der Waals surface area contributed by atoms with Crippen LogP contribution < -0.4 is 5.32 Å². The lowest BCUT2D eigenvalue weighted by molar-refractivity contribution is -0.142. The van der Waals surface area contributed by atoms with Gasteiger partial charge in [-0.1, -0.05) is 30.3 Å². The molecule has 0 aromatic heterocycles. The number of carbonyl (C=O) groups excluding carboxylic acids is 1. The van der Waals surface area contributed by atoms with Crippen molar-refractivity contribution >= 4 is 11.9 Å². The largest absolute Gasteiger partial charge is 0.480 e. The Morgan fingerprint density at radius 2 is 1.81 bits per heavy atom. The lowest BCUT2D eigenvalue weighted by atomic mass is 10.1. The second kappa shape index (κ2) is 5.27. The molecule has 0 saturated heterocycles. The fourth-order valence-electron chi connectivity index (χ4n) is 1.14. The fraction of sp³-hybridized carbons (Fsp3) is 0.273. The summed E-state index contributed by atoms with van der Waals surface area (Å²) in [5.41, 5.74) is 0.428. The monoisotopic (exact) mass is 223 g/mol. The van der Waals surface area contributed by atoms with Gasteiger partial charge in [-0.2, -0.15) is 0 Å². The van der Waals surface area contributed by atoms with Gasteiger partial charge in [0.2, 0.25) is 0 Å². The van der Waals surface area contributed by atoms with E-state index in [1.54, 1.807) is 30.3 Å². The molecule has 0 heterocycles. The molecule has 16 heavy (non-hydrogen) atoms. The van der Waals surface area contributed by atoms with Crippen molar-refractivity contribution in [3.63, 3.8) is 0 Å². The van der Waals surface area contributed by atoms with Crippen LogP contribution >= 0.6 is 0 Å². The van der Waals surface area contributed by atoms with E-state index in [9.17, 15) is 14.7 Å². The maximum Gasteiger partial charge on any atom is 0.325 e. The standard InChI is InChI=1S/C11H13NO4/c1-7(11(15)16)12-10(14)9(13)8-5-3-2-4-6-8/h2-7,9,13H,1H3,(H,12,14)(H,15,16)/t7?,9-/m0/s1. The van der Waals surface area contributed by atoms with Gasteiger partial charge in [-0.05, 0) is 12.5 Å². The van der Waals surface area contributed by atoms with Crippen molar-refractivity contribution in [1.29, 1.82) is 0 Å². The molecule has 0 aliphatic heterocycles. The van der Waals surface area contributed by atoms with Crippen molar-refractivity contribution in [3.8, 4) is 0 Å². The van der Waals surface area contributed by atoms with Gasteiger partial charge in [0.15, 0.2) is 6.10 Å². The van der Waals surface area contributed by atoms with Crippen molar-refractivity contribution in [2.75, 3.05) is 0 Å². The molecule has 1 unspecified atom stereocenters. The predicted octanol–water partition coefficient (Wildman–Crippen LogP) is 0.309. The zero-order chi connectivity index (χ0) is 12.1. The minimum atomic E-state index is -1.34. The molecule has 3 N–H and O–H groups in total. The van der Waals surface area contributed by atoms with Crippen LogP contribution in [0.2, 0.25) is 0 Å². The first-order valence-electron chi connectivity index (χ1n) is 4.78. The van der Waals surface area contributed by atoms with Crippen LogP contribution in [0.15, 0.2) is 30.3 Å². The van der Waals surface area contributed by atoms with Gasteiger partial charge in [-0.15, -0.1) is 0 Å². The maximum absolute atomic E-state index is 11.4. The number of amides is 1. The van der Waals surface area contributed by atoms with Crippen LogP contribution in [0.3, 0.4) is 0 Å². The van der Waals surface area contributed by atoms with Gasteiger partial charge in [0, 0.05) is 0 Å². The molecule has 1 amide bonds. The topological polar surface area (TPSA) is 86.6 Å². The number of carboxylic acids is 1. The summed E-state index contributed by atoms with van der Waals surface area (Å²) in [6.07, 6.45) is -1.34. The molecule has 0 spiro atoms. The van der Waals surface area contributed by atoms with Crippen molar-refractivity contribution in [1.82, 2.24) is 5.32 Å². The molecule has 0 bridgehead atoms. The van der Waals surface area contributed by atoms with Crippen molar-refractivity contribution in [2.45, 2.75) is 19.1 Å². The summed E-state index contributed by atoms with van der Waals surface area (Å²) in [6.45, 7) is 1.33. The summed E-state index contributed by atoms with van der Waals surface area (Å²) < 4.78 is 0. The fourth-order valence-corrected chi connectivity index (χ4v) is 1.14. The first-order valence-corrected chi connectivity index (χ1v) is 4.78. The smallest absolute Gasteiger partial charge is 0.325 e. The first-order chi connectivity index (χ1) is 7.52. The summed E-state index contributed by atoms with van der Waals surface area (Å²) >= 11 is 0. The highest BCUT2D eigenvalue weighted by atomic mass is 16.4. The summed E-state index contributed by atoms with van der Waals surface area (Å²) in [5, 5.41) is 20.4. The molecular weight excluding hydrogens is 210 g/mol. The highest BCUT2D eigenvalue weighted by molar-refractivity contribution is 5.86. The minimum Gasteiger partial charge on any atom is -0.480 e. The molecule has 0 aliphatic carbocycles. The Morgan fingerprint density at radius 3 is 2.31 bits per heavy atom. The normalized spacial score (nSPS) is 13.9. The van der Waals surface area contributed by atoms with Crippen LogP contribution in [0.4, 0.5) is 0 Å². The Bertz CT molecular complexity index is 377. The van der Waals surface area contributed by atoms with E-state index in [-0.39, 0.29) is 0 Å². The van der Waals surface area contributed by atoms with E-state index in [0.717, 1.165) is 0 Å². The highest BCUT2D eigenvalue weighted by Gasteiger charge is 2.21. The SMILES string of the molecule is CC(NC(=O)[C@@H](O)c1ccccc1)C(=O)O. The number of aliphatic hydroxyl groups is 1. The van der Waals surface area contributed by atoms with Gasteiger partial charge >= 0.3 is 5.97 Å². The van der Waals surface area contributed by atoms with Crippen LogP contribution in [0.5, 0.6) is 0 Å². The van der Waals surface area contributed by atoms with Crippen LogP contribution in [0.1, 0.15) is 18.6 Å². The summed E-state index contributed by atoms with van der Waals surface area (Å²) in [6, 6.07) is 7.30. The molecule has 5 nitrogen and oxygen atoms in total. The second-order valence-electron chi connectivity index (χ2n) is 3.38. The molecule has 1 aromatic carbocycles. The molecule has 0 aliphatic rings. The van der Waals surface area contributed by atoms with Gasteiger partial charge in [0.1, 0.15) is 6.04 Å². The average Bonchev–Trinajstić information content (AvgIpc) is 2.28. The van der Waals surface area contributed by atoms with Gasteiger partial charge in [-0.3, -0.25) is 9.59 Å². The summed E-state index contributed by atoms with van der Waals surface area (Å²) in [4.78, 5) is 21.9. The molecule has 0 radical (unpaired) electrons. The molecule has 1 aromatic rings. The quantitative estimate of drug-likeness (QED) is 0.685. The number of hydrogen-bond acceptors (Lipinski definition) is 3. The molecule has 1 rings (SSSR count). The van der Waals surface area contributed by atoms with Crippen LogP contribution in [0, 0.1) is 0 Å². The number of benzene rings is 1. The van der Waals surface area contributed by atoms with E-state index in [0.29, 0.717) is 5.56 Å². The van der Waals surface area contributed by atoms with E-state index in [4.69, 9.17) is 5.11 Å². The van der Waals surface area contributed by atoms with Crippen molar-refractivity contribution in [2.24, 2.45) is 0 Å². The number of carbonyl (C=O) groups is 2. The van der Waals surface area contributed by atoms with E-state index in [1.807, 2.05) is 0 Å². The summed E-state index contributed by atoms with van der Waals surface area (Å²) in [7, 11) is 0. The number of hydrogen-bond donors (Lipinski definition) is 3.